The van der Waals surface area contributed by atoms with Gasteiger partial charge < -0.3 is 16.0 Å². The molecule has 0 bridgehead atoms. The van der Waals surface area contributed by atoms with Crippen LogP contribution in [0.5, 0.6) is 0 Å². The van der Waals surface area contributed by atoms with Crippen LogP contribution < -0.4 is 27.2 Å². The summed E-state index contributed by atoms with van der Waals surface area (Å²) >= 11 is 0. The fourth-order valence-corrected chi connectivity index (χ4v) is 3.17. The molecule has 162 valence electrons. The predicted octanol–water partition coefficient (Wildman–Crippen LogP) is 1.46. The van der Waals surface area contributed by atoms with E-state index in [1.54, 1.807) is 0 Å². The van der Waals surface area contributed by atoms with E-state index in [1.165, 1.54) is 18.5 Å². The topological polar surface area (TPSA) is 130 Å². The SMILES string of the molecule is CCCCn1c(N)c(N(C)C(=O)CC(NC(C)=O)c2ccc(C)cc2)c(=O)[nH]c1=O. The van der Waals surface area contributed by atoms with Gasteiger partial charge in [0.2, 0.25) is 11.8 Å². The zero-order valence-electron chi connectivity index (χ0n) is 17.8. The van der Waals surface area contributed by atoms with E-state index in [2.05, 4.69) is 10.3 Å². The second-order valence-corrected chi connectivity index (χ2v) is 7.32. The number of unbranched alkanes of at least 4 members (excludes halogenated alkanes) is 1. The number of hydrogen-bond donors (Lipinski definition) is 3. The Morgan fingerprint density at radius 1 is 1.23 bits per heavy atom. The van der Waals surface area contributed by atoms with Crippen LogP contribution in [0.2, 0.25) is 0 Å². The number of nitrogens with one attached hydrogen (secondary N) is 2. The summed E-state index contributed by atoms with van der Waals surface area (Å²) in [6, 6.07) is 6.91. The third-order valence-corrected chi connectivity index (χ3v) is 4.89. The number of anilines is 2. The number of nitrogen functional groups attached to an aromatic ring is 1. The molecule has 1 heterocycles. The molecule has 0 fully saturated rings. The first-order valence-corrected chi connectivity index (χ1v) is 9.88. The first-order chi connectivity index (χ1) is 14.1. The smallest absolute Gasteiger partial charge is 0.330 e. The highest BCUT2D eigenvalue weighted by atomic mass is 16.2. The van der Waals surface area contributed by atoms with Crippen molar-refractivity contribution in [2.45, 2.75) is 52.6 Å². The summed E-state index contributed by atoms with van der Waals surface area (Å²) in [7, 11) is 1.43. The Morgan fingerprint density at radius 3 is 2.43 bits per heavy atom. The van der Waals surface area contributed by atoms with Crippen molar-refractivity contribution in [2.24, 2.45) is 0 Å². The summed E-state index contributed by atoms with van der Waals surface area (Å²) in [6.07, 6.45) is 1.46. The maximum atomic E-state index is 13.0. The molecule has 0 radical (unpaired) electrons. The molecule has 4 N–H and O–H groups in total. The molecule has 2 amide bonds. The molecule has 0 aliphatic rings. The average molecular weight is 415 g/mol. The molecule has 0 aliphatic carbocycles. The lowest BCUT2D eigenvalue weighted by Gasteiger charge is -2.24. The molecule has 1 aromatic carbocycles. The van der Waals surface area contributed by atoms with Gasteiger partial charge in [-0.2, -0.15) is 0 Å². The van der Waals surface area contributed by atoms with Gasteiger partial charge in [0.05, 0.1) is 12.5 Å². The van der Waals surface area contributed by atoms with E-state index in [0.717, 1.165) is 22.4 Å². The number of rotatable bonds is 8. The number of carbonyl (C=O) groups is 2. The Labute approximate surface area is 174 Å². The number of H-pyrrole nitrogens is 1. The predicted molar refractivity (Wildman–Crippen MR) is 116 cm³/mol. The van der Waals surface area contributed by atoms with Gasteiger partial charge >= 0.3 is 5.69 Å². The summed E-state index contributed by atoms with van der Waals surface area (Å²) in [5.74, 6) is -0.756. The Kier molecular flexibility index (Phi) is 7.57. The summed E-state index contributed by atoms with van der Waals surface area (Å²) in [4.78, 5) is 52.5. The highest BCUT2D eigenvalue weighted by Gasteiger charge is 2.24. The van der Waals surface area contributed by atoms with E-state index in [4.69, 9.17) is 5.73 Å². The van der Waals surface area contributed by atoms with Gasteiger partial charge in [0.25, 0.3) is 5.56 Å². The lowest BCUT2D eigenvalue weighted by atomic mass is 10.0. The molecular weight excluding hydrogens is 386 g/mol. The highest BCUT2D eigenvalue weighted by Crippen LogP contribution is 2.22. The van der Waals surface area contributed by atoms with Gasteiger partial charge in [-0.05, 0) is 18.9 Å². The van der Waals surface area contributed by atoms with Crippen LogP contribution in [0, 0.1) is 6.92 Å². The number of aromatic nitrogens is 2. The minimum Gasteiger partial charge on any atom is -0.383 e. The van der Waals surface area contributed by atoms with E-state index in [-0.39, 0.29) is 23.8 Å². The number of nitrogens with zero attached hydrogens (tertiary/aromatic N) is 2. The molecule has 1 unspecified atom stereocenters. The quantitative estimate of drug-likeness (QED) is 0.601. The van der Waals surface area contributed by atoms with Crippen LogP contribution >= 0.6 is 0 Å². The van der Waals surface area contributed by atoms with E-state index in [9.17, 15) is 19.2 Å². The molecule has 0 spiro atoms. The van der Waals surface area contributed by atoms with Gasteiger partial charge in [-0.1, -0.05) is 43.2 Å². The van der Waals surface area contributed by atoms with Crippen molar-refractivity contribution in [1.29, 1.82) is 0 Å². The van der Waals surface area contributed by atoms with Gasteiger partial charge in [-0.3, -0.25) is 23.9 Å². The summed E-state index contributed by atoms with van der Waals surface area (Å²) in [6.45, 7) is 5.63. The van der Waals surface area contributed by atoms with Crippen molar-refractivity contribution < 1.29 is 9.59 Å². The van der Waals surface area contributed by atoms with Crippen LogP contribution in [-0.4, -0.2) is 28.4 Å². The van der Waals surface area contributed by atoms with Crippen LogP contribution in [0.1, 0.15) is 50.3 Å². The van der Waals surface area contributed by atoms with Crippen molar-refractivity contribution in [1.82, 2.24) is 14.9 Å². The van der Waals surface area contributed by atoms with E-state index in [0.29, 0.717) is 13.0 Å². The number of hydrogen-bond acceptors (Lipinski definition) is 5. The zero-order chi connectivity index (χ0) is 22.4. The molecule has 9 heteroatoms. The Bertz CT molecular complexity index is 1020. The van der Waals surface area contributed by atoms with Crippen molar-refractivity contribution in [3.05, 3.63) is 56.2 Å². The molecule has 1 aromatic heterocycles. The van der Waals surface area contributed by atoms with Crippen molar-refractivity contribution in [3.8, 4) is 0 Å². The highest BCUT2D eigenvalue weighted by molar-refractivity contribution is 5.95. The molecule has 0 saturated heterocycles. The second-order valence-electron chi connectivity index (χ2n) is 7.32. The van der Waals surface area contributed by atoms with Crippen molar-refractivity contribution >= 4 is 23.3 Å². The van der Waals surface area contributed by atoms with Crippen LogP contribution in [-0.2, 0) is 16.1 Å². The molecule has 1 atom stereocenters. The number of amides is 2. The molecule has 0 saturated carbocycles. The Balaban J connectivity index is 2.35. The van der Waals surface area contributed by atoms with Crippen molar-refractivity contribution in [2.75, 3.05) is 17.7 Å². The van der Waals surface area contributed by atoms with Crippen LogP contribution in [0.15, 0.2) is 33.9 Å². The largest absolute Gasteiger partial charge is 0.383 e. The summed E-state index contributed by atoms with van der Waals surface area (Å²) in [5.41, 5.74) is 6.49. The molecular formula is C21H29N5O4. The number of aromatic amines is 1. The van der Waals surface area contributed by atoms with E-state index < -0.39 is 23.2 Å². The average Bonchev–Trinajstić information content (AvgIpc) is 2.67. The Hall–Kier alpha value is -3.36. The van der Waals surface area contributed by atoms with Gasteiger partial charge in [0.1, 0.15) is 5.82 Å². The third kappa shape index (κ3) is 5.37. The monoisotopic (exact) mass is 415 g/mol. The second kappa shape index (κ2) is 9.91. The fraction of sp³-hybridized carbons (Fsp3) is 0.429. The number of benzene rings is 1. The van der Waals surface area contributed by atoms with Crippen molar-refractivity contribution in [3.63, 3.8) is 0 Å². The lowest BCUT2D eigenvalue weighted by molar-refractivity contribution is -0.121. The zero-order valence-corrected chi connectivity index (χ0v) is 17.8. The first kappa shape index (κ1) is 22.9. The van der Waals surface area contributed by atoms with Crippen LogP contribution in [0.3, 0.4) is 0 Å². The van der Waals surface area contributed by atoms with Gasteiger partial charge in [-0.25, -0.2) is 4.79 Å². The number of aryl methyl sites for hydroxylation is 1. The maximum absolute atomic E-state index is 13.0. The first-order valence-electron chi connectivity index (χ1n) is 9.88. The molecule has 30 heavy (non-hydrogen) atoms. The van der Waals surface area contributed by atoms with E-state index >= 15 is 0 Å². The standard InChI is InChI=1S/C21H29N5O4/c1-5-6-11-26-19(22)18(20(29)24-21(26)30)25(4)17(28)12-16(23-14(3)27)15-9-7-13(2)8-10-15/h7-10,16H,5-6,11-12,22H2,1-4H3,(H,23,27)(H,24,29,30). The fourth-order valence-electron chi connectivity index (χ4n) is 3.17. The summed E-state index contributed by atoms with van der Waals surface area (Å²) < 4.78 is 1.26. The lowest BCUT2D eigenvalue weighted by Crippen LogP contribution is -2.40. The summed E-state index contributed by atoms with van der Waals surface area (Å²) in [5, 5.41) is 2.77. The van der Waals surface area contributed by atoms with Gasteiger partial charge in [0.15, 0.2) is 5.69 Å². The minimum absolute atomic E-state index is 0.0561. The maximum Gasteiger partial charge on any atom is 0.330 e. The number of nitrogens with two attached hydrogens (primary N) is 1. The molecule has 2 rings (SSSR count). The normalized spacial score (nSPS) is 11.7. The molecule has 0 aliphatic heterocycles. The van der Waals surface area contributed by atoms with E-state index in [1.807, 2.05) is 38.1 Å². The van der Waals surface area contributed by atoms with Crippen LogP contribution in [0.25, 0.3) is 0 Å². The minimum atomic E-state index is -0.729. The van der Waals surface area contributed by atoms with Gasteiger partial charge in [0, 0.05) is 20.5 Å². The number of carbonyl (C=O) groups excluding carboxylic acids is 2. The Morgan fingerprint density at radius 2 is 1.87 bits per heavy atom. The molecule has 2 aromatic rings. The third-order valence-electron chi connectivity index (χ3n) is 4.89. The molecule has 9 nitrogen and oxygen atoms in total. The van der Waals surface area contributed by atoms with Crippen LogP contribution in [0.4, 0.5) is 11.5 Å². The van der Waals surface area contributed by atoms with Gasteiger partial charge in [-0.15, -0.1) is 0 Å².